The zero-order chi connectivity index (χ0) is 20.0. The average molecular weight is 400 g/mol. The number of nitrogens with zero attached hydrogens (tertiary/aromatic N) is 1. The van der Waals surface area contributed by atoms with Gasteiger partial charge >= 0.3 is 0 Å². The molecule has 2 N–H and O–H groups in total. The fraction of sp³-hybridized carbons (Fsp3) is 0.222. The second-order valence-electron chi connectivity index (χ2n) is 5.83. The summed E-state index contributed by atoms with van der Waals surface area (Å²) in [4.78, 5) is 25.2. The van der Waals surface area contributed by atoms with Crippen LogP contribution in [0.5, 0.6) is 0 Å². The number of benzene rings is 2. The van der Waals surface area contributed by atoms with Crippen LogP contribution < -0.4 is 10.6 Å². The molecule has 0 saturated carbocycles. The molecule has 0 bridgehead atoms. The first-order valence-corrected chi connectivity index (χ1v) is 8.27. The third kappa shape index (κ3) is 6.26. The Hall–Kier alpha value is -2.58. The van der Waals surface area contributed by atoms with Crippen LogP contribution in [0.1, 0.15) is 5.56 Å². The largest absolute Gasteiger partial charge is 0.346 e. The van der Waals surface area contributed by atoms with E-state index in [1.165, 1.54) is 23.1 Å². The Morgan fingerprint density at radius 2 is 1.78 bits per heavy atom. The third-order valence-electron chi connectivity index (χ3n) is 3.55. The van der Waals surface area contributed by atoms with Crippen LogP contribution in [0.4, 0.5) is 18.9 Å². The van der Waals surface area contributed by atoms with Crippen LogP contribution in [0.2, 0.25) is 5.02 Å². The Balaban J connectivity index is 1.79. The van der Waals surface area contributed by atoms with Gasteiger partial charge < -0.3 is 10.6 Å². The van der Waals surface area contributed by atoms with Gasteiger partial charge in [0, 0.05) is 28.9 Å². The Kier molecular flexibility index (Phi) is 7.20. The molecule has 0 fully saturated rings. The van der Waals surface area contributed by atoms with Gasteiger partial charge in [-0.1, -0.05) is 17.7 Å². The molecule has 144 valence electrons. The number of rotatable bonds is 7. The summed E-state index contributed by atoms with van der Waals surface area (Å²) in [5.74, 6) is -3.66. The van der Waals surface area contributed by atoms with Crippen LogP contribution in [0.15, 0.2) is 36.4 Å². The van der Waals surface area contributed by atoms with E-state index < -0.39 is 29.3 Å². The van der Waals surface area contributed by atoms with Crippen molar-refractivity contribution in [2.24, 2.45) is 0 Å². The maximum Gasteiger partial charge on any atom is 0.243 e. The molecule has 0 saturated heterocycles. The van der Waals surface area contributed by atoms with Crippen molar-refractivity contribution in [2.45, 2.75) is 6.54 Å². The number of amides is 2. The zero-order valence-corrected chi connectivity index (χ0v) is 15.1. The first-order valence-electron chi connectivity index (χ1n) is 7.89. The molecule has 0 atom stereocenters. The molecule has 0 aliphatic rings. The minimum Gasteiger partial charge on any atom is -0.346 e. The summed E-state index contributed by atoms with van der Waals surface area (Å²) in [6.45, 7) is -0.338. The smallest absolute Gasteiger partial charge is 0.243 e. The summed E-state index contributed by atoms with van der Waals surface area (Å²) >= 11 is 5.94. The van der Waals surface area contributed by atoms with Gasteiger partial charge in [0.1, 0.15) is 5.82 Å². The van der Waals surface area contributed by atoms with E-state index in [0.29, 0.717) is 0 Å². The molecule has 0 unspecified atom stereocenters. The Morgan fingerprint density at radius 3 is 2.44 bits per heavy atom. The number of nitrogens with one attached hydrogen (secondary N) is 2. The number of carbonyl (C=O) groups is 2. The first kappa shape index (κ1) is 20.7. The number of hydrogen-bond donors (Lipinski definition) is 2. The van der Waals surface area contributed by atoms with E-state index in [-0.39, 0.29) is 35.9 Å². The quantitative estimate of drug-likeness (QED) is 0.752. The van der Waals surface area contributed by atoms with E-state index in [2.05, 4.69) is 10.6 Å². The molecule has 0 radical (unpaired) electrons. The van der Waals surface area contributed by atoms with Crippen LogP contribution in [0, 0.1) is 17.5 Å². The SMILES string of the molecule is CN(CC(=O)NCC(=O)Nc1ccc(F)c(F)c1)Cc1c(F)cccc1Cl. The predicted molar refractivity (Wildman–Crippen MR) is 95.7 cm³/mol. The molecule has 0 aliphatic carbocycles. The molecule has 27 heavy (non-hydrogen) atoms. The van der Waals surface area contributed by atoms with Crippen molar-refractivity contribution in [1.82, 2.24) is 10.2 Å². The van der Waals surface area contributed by atoms with Crippen molar-refractivity contribution in [3.05, 3.63) is 64.4 Å². The van der Waals surface area contributed by atoms with Crippen LogP contribution in [0.3, 0.4) is 0 Å². The molecule has 5 nitrogen and oxygen atoms in total. The molecule has 0 aromatic heterocycles. The molecule has 0 heterocycles. The lowest BCUT2D eigenvalue weighted by Crippen LogP contribution is -2.39. The molecule has 2 aromatic rings. The molecular weight excluding hydrogens is 383 g/mol. The lowest BCUT2D eigenvalue weighted by atomic mass is 10.2. The topological polar surface area (TPSA) is 61.4 Å². The van der Waals surface area contributed by atoms with E-state index in [9.17, 15) is 22.8 Å². The van der Waals surface area contributed by atoms with Gasteiger partial charge in [-0.25, -0.2) is 13.2 Å². The number of hydrogen-bond acceptors (Lipinski definition) is 3. The van der Waals surface area contributed by atoms with Gasteiger partial charge in [0.15, 0.2) is 11.6 Å². The third-order valence-corrected chi connectivity index (χ3v) is 3.91. The number of likely N-dealkylation sites (N-methyl/N-ethyl adjacent to an activating group) is 1. The summed E-state index contributed by atoms with van der Waals surface area (Å²) < 4.78 is 39.7. The Bertz CT molecular complexity index is 828. The van der Waals surface area contributed by atoms with Gasteiger partial charge in [0.05, 0.1) is 13.1 Å². The average Bonchev–Trinajstić information content (AvgIpc) is 2.60. The number of carbonyl (C=O) groups excluding carboxylic acids is 2. The summed E-state index contributed by atoms with van der Waals surface area (Å²) in [5.41, 5.74) is 0.338. The van der Waals surface area contributed by atoms with Crippen molar-refractivity contribution >= 4 is 29.1 Å². The lowest BCUT2D eigenvalue weighted by molar-refractivity contribution is -0.124. The second kappa shape index (κ2) is 9.38. The van der Waals surface area contributed by atoms with Gasteiger partial charge in [-0.3, -0.25) is 14.5 Å². The summed E-state index contributed by atoms with van der Waals surface area (Å²) in [5, 5.41) is 4.98. The van der Waals surface area contributed by atoms with Crippen molar-refractivity contribution < 1.29 is 22.8 Å². The van der Waals surface area contributed by atoms with Crippen LogP contribution >= 0.6 is 11.6 Å². The molecule has 2 rings (SSSR count). The highest BCUT2D eigenvalue weighted by atomic mass is 35.5. The highest BCUT2D eigenvalue weighted by Gasteiger charge is 2.13. The fourth-order valence-corrected chi connectivity index (χ4v) is 2.49. The van der Waals surface area contributed by atoms with Gasteiger partial charge in [-0.2, -0.15) is 0 Å². The Morgan fingerprint density at radius 1 is 1.04 bits per heavy atom. The normalized spacial score (nSPS) is 10.7. The molecule has 2 aromatic carbocycles. The fourth-order valence-electron chi connectivity index (χ4n) is 2.27. The monoisotopic (exact) mass is 399 g/mol. The lowest BCUT2D eigenvalue weighted by Gasteiger charge is -2.17. The van der Waals surface area contributed by atoms with Crippen molar-refractivity contribution in [3.63, 3.8) is 0 Å². The van der Waals surface area contributed by atoms with E-state index in [1.54, 1.807) is 13.1 Å². The van der Waals surface area contributed by atoms with Gasteiger partial charge in [0.2, 0.25) is 11.8 Å². The summed E-state index contributed by atoms with van der Waals surface area (Å²) in [6, 6.07) is 7.23. The van der Waals surface area contributed by atoms with Crippen LogP contribution in [0.25, 0.3) is 0 Å². The maximum absolute atomic E-state index is 13.7. The maximum atomic E-state index is 13.7. The van der Waals surface area contributed by atoms with Crippen molar-refractivity contribution in [3.8, 4) is 0 Å². The molecule has 2 amide bonds. The van der Waals surface area contributed by atoms with Gasteiger partial charge in [-0.05, 0) is 31.3 Å². The molecule has 9 heteroatoms. The highest BCUT2D eigenvalue weighted by Crippen LogP contribution is 2.20. The Labute approximate surface area is 159 Å². The summed E-state index contributed by atoms with van der Waals surface area (Å²) in [7, 11) is 1.60. The predicted octanol–water partition coefficient (Wildman–Crippen LogP) is 2.94. The first-order chi connectivity index (χ1) is 12.8. The van der Waals surface area contributed by atoms with Crippen molar-refractivity contribution in [1.29, 1.82) is 0 Å². The number of anilines is 1. The zero-order valence-electron chi connectivity index (χ0n) is 14.4. The van der Waals surface area contributed by atoms with Crippen molar-refractivity contribution in [2.75, 3.05) is 25.5 Å². The van der Waals surface area contributed by atoms with Crippen LogP contribution in [-0.2, 0) is 16.1 Å². The van der Waals surface area contributed by atoms with E-state index in [1.807, 2.05) is 0 Å². The molecule has 0 aliphatic heterocycles. The van der Waals surface area contributed by atoms with E-state index in [4.69, 9.17) is 11.6 Å². The minimum absolute atomic E-state index is 0.0689. The molecule has 0 spiro atoms. The second-order valence-corrected chi connectivity index (χ2v) is 6.23. The molecular formula is C18H17ClF3N3O2. The highest BCUT2D eigenvalue weighted by molar-refractivity contribution is 6.31. The minimum atomic E-state index is -1.09. The standard InChI is InChI=1S/C18H17ClF3N3O2/c1-25(9-12-13(19)3-2-4-14(12)20)10-18(27)23-8-17(26)24-11-5-6-15(21)16(22)7-11/h2-7H,8-10H2,1H3,(H,23,27)(H,24,26). The van der Waals surface area contributed by atoms with Gasteiger partial charge in [0.25, 0.3) is 0 Å². The van der Waals surface area contributed by atoms with Gasteiger partial charge in [-0.15, -0.1) is 0 Å². The van der Waals surface area contributed by atoms with Crippen LogP contribution in [-0.4, -0.2) is 36.9 Å². The number of halogens is 4. The van der Waals surface area contributed by atoms with E-state index >= 15 is 0 Å². The summed E-state index contributed by atoms with van der Waals surface area (Å²) in [6.07, 6.45) is 0. The van der Waals surface area contributed by atoms with E-state index in [0.717, 1.165) is 12.1 Å².